The Labute approximate surface area is 118 Å². The van der Waals surface area contributed by atoms with E-state index in [1.807, 2.05) is 31.2 Å². The lowest BCUT2D eigenvalue weighted by Crippen LogP contribution is -1.98. The van der Waals surface area contributed by atoms with Crippen molar-refractivity contribution in [1.82, 2.24) is 4.98 Å². The zero-order chi connectivity index (χ0) is 14.5. The average Bonchev–Trinajstić information content (AvgIpc) is 2.44. The molecular formula is C16H17NO3. The quantitative estimate of drug-likeness (QED) is 0.633. The highest BCUT2D eigenvalue weighted by molar-refractivity contribution is 5.90. The number of pyridine rings is 1. The SMILES string of the molecule is CCOC(=O)/C=C/c1ccc2nc(C)cc(OC)c2c1. The van der Waals surface area contributed by atoms with E-state index in [0.29, 0.717) is 6.61 Å². The summed E-state index contributed by atoms with van der Waals surface area (Å²) in [5.41, 5.74) is 2.67. The van der Waals surface area contributed by atoms with E-state index in [2.05, 4.69) is 4.98 Å². The van der Waals surface area contributed by atoms with Gasteiger partial charge in [-0.2, -0.15) is 0 Å². The van der Waals surface area contributed by atoms with Crippen molar-refractivity contribution < 1.29 is 14.3 Å². The molecule has 0 radical (unpaired) electrons. The number of rotatable bonds is 4. The van der Waals surface area contributed by atoms with E-state index in [1.165, 1.54) is 6.08 Å². The van der Waals surface area contributed by atoms with Crippen molar-refractivity contribution in [2.45, 2.75) is 13.8 Å². The molecule has 0 amide bonds. The molecule has 0 N–H and O–H groups in total. The van der Waals surface area contributed by atoms with Gasteiger partial charge in [0.15, 0.2) is 0 Å². The fraction of sp³-hybridized carbons (Fsp3) is 0.250. The van der Waals surface area contributed by atoms with Crippen LogP contribution >= 0.6 is 0 Å². The molecule has 0 saturated carbocycles. The smallest absolute Gasteiger partial charge is 0.330 e. The van der Waals surface area contributed by atoms with E-state index in [1.54, 1.807) is 20.1 Å². The minimum absolute atomic E-state index is 0.346. The van der Waals surface area contributed by atoms with Gasteiger partial charge in [0.25, 0.3) is 0 Å². The van der Waals surface area contributed by atoms with Gasteiger partial charge in [-0.15, -0.1) is 0 Å². The summed E-state index contributed by atoms with van der Waals surface area (Å²) in [6, 6.07) is 7.65. The van der Waals surface area contributed by atoms with Gasteiger partial charge in [0.05, 0.1) is 19.2 Å². The number of methoxy groups -OCH3 is 1. The van der Waals surface area contributed by atoms with E-state index in [9.17, 15) is 4.79 Å². The van der Waals surface area contributed by atoms with Crippen molar-refractivity contribution in [2.75, 3.05) is 13.7 Å². The molecule has 0 fully saturated rings. The Balaban J connectivity index is 2.38. The number of hydrogen-bond acceptors (Lipinski definition) is 4. The van der Waals surface area contributed by atoms with Crippen LogP contribution in [0, 0.1) is 6.92 Å². The van der Waals surface area contributed by atoms with E-state index in [-0.39, 0.29) is 5.97 Å². The fourth-order valence-electron chi connectivity index (χ4n) is 1.97. The maximum atomic E-state index is 11.3. The number of hydrogen-bond donors (Lipinski definition) is 0. The number of aryl methyl sites for hydroxylation is 1. The van der Waals surface area contributed by atoms with Crippen LogP contribution in [0.5, 0.6) is 5.75 Å². The summed E-state index contributed by atoms with van der Waals surface area (Å²) < 4.78 is 10.2. The van der Waals surface area contributed by atoms with Crippen molar-refractivity contribution in [3.8, 4) is 5.75 Å². The van der Waals surface area contributed by atoms with Crippen LogP contribution < -0.4 is 4.74 Å². The van der Waals surface area contributed by atoms with Gasteiger partial charge in [0.2, 0.25) is 0 Å². The van der Waals surface area contributed by atoms with Gasteiger partial charge in [-0.05, 0) is 37.6 Å². The second-order valence-corrected chi connectivity index (χ2v) is 4.33. The molecule has 0 aliphatic rings. The summed E-state index contributed by atoms with van der Waals surface area (Å²) in [5.74, 6) is 0.431. The zero-order valence-electron chi connectivity index (χ0n) is 11.8. The first-order chi connectivity index (χ1) is 9.63. The molecule has 2 rings (SSSR count). The summed E-state index contributed by atoms with van der Waals surface area (Å²) in [5, 5.41) is 0.920. The van der Waals surface area contributed by atoms with Gasteiger partial charge in [0, 0.05) is 23.2 Å². The molecule has 0 unspecified atom stereocenters. The van der Waals surface area contributed by atoms with Gasteiger partial charge < -0.3 is 9.47 Å². The van der Waals surface area contributed by atoms with Crippen LogP contribution in [0.2, 0.25) is 0 Å². The van der Waals surface area contributed by atoms with Crippen LogP contribution in [-0.4, -0.2) is 24.7 Å². The predicted molar refractivity (Wildman–Crippen MR) is 78.7 cm³/mol. The minimum atomic E-state index is -0.346. The average molecular weight is 271 g/mol. The highest BCUT2D eigenvalue weighted by Crippen LogP contribution is 2.26. The number of benzene rings is 1. The molecule has 1 aromatic carbocycles. The van der Waals surface area contributed by atoms with E-state index >= 15 is 0 Å². The third-order valence-electron chi connectivity index (χ3n) is 2.84. The monoisotopic (exact) mass is 271 g/mol. The molecular weight excluding hydrogens is 254 g/mol. The molecule has 0 aliphatic carbocycles. The summed E-state index contributed by atoms with van der Waals surface area (Å²) in [4.78, 5) is 15.8. The maximum Gasteiger partial charge on any atom is 0.330 e. The second-order valence-electron chi connectivity index (χ2n) is 4.33. The van der Waals surface area contributed by atoms with Crippen LogP contribution in [0.3, 0.4) is 0 Å². The Bertz CT molecular complexity index is 662. The highest BCUT2D eigenvalue weighted by Gasteiger charge is 2.05. The normalized spacial score (nSPS) is 10.9. The summed E-state index contributed by atoms with van der Waals surface area (Å²) >= 11 is 0. The highest BCUT2D eigenvalue weighted by atomic mass is 16.5. The molecule has 0 atom stereocenters. The second kappa shape index (κ2) is 6.19. The molecule has 4 heteroatoms. The Hall–Kier alpha value is -2.36. The zero-order valence-corrected chi connectivity index (χ0v) is 11.8. The first-order valence-electron chi connectivity index (χ1n) is 6.44. The molecule has 0 aliphatic heterocycles. The van der Waals surface area contributed by atoms with E-state index in [0.717, 1.165) is 27.9 Å². The van der Waals surface area contributed by atoms with Crippen LogP contribution in [0.1, 0.15) is 18.2 Å². The van der Waals surface area contributed by atoms with Gasteiger partial charge in [-0.3, -0.25) is 4.98 Å². The van der Waals surface area contributed by atoms with Crippen LogP contribution in [0.4, 0.5) is 0 Å². The Kier molecular flexibility index (Phi) is 4.35. The molecule has 0 saturated heterocycles. The third-order valence-corrected chi connectivity index (χ3v) is 2.84. The molecule has 1 aromatic heterocycles. The van der Waals surface area contributed by atoms with E-state index in [4.69, 9.17) is 9.47 Å². The predicted octanol–water partition coefficient (Wildman–Crippen LogP) is 3.13. The topological polar surface area (TPSA) is 48.4 Å². The maximum absolute atomic E-state index is 11.3. The molecule has 0 spiro atoms. The van der Waals surface area contributed by atoms with Gasteiger partial charge >= 0.3 is 5.97 Å². The summed E-state index contributed by atoms with van der Waals surface area (Å²) in [6.45, 7) is 4.08. The van der Waals surface area contributed by atoms with Crippen molar-refractivity contribution in [3.63, 3.8) is 0 Å². The fourth-order valence-corrected chi connectivity index (χ4v) is 1.97. The lowest BCUT2D eigenvalue weighted by molar-refractivity contribution is -0.137. The summed E-state index contributed by atoms with van der Waals surface area (Å²) in [7, 11) is 1.63. The van der Waals surface area contributed by atoms with Crippen molar-refractivity contribution in [1.29, 1.82) is 0 Å². The van der Waals surface area contributed by atoms with Gasteiger partial charge in [-0.1, -0.05) is 6.07 Å². The number of nitrogens with zero attached hydrogens (tertiary/aromatic N) is 1. The van der Waals surface area contributed by atoms with Crippen LogP contribution in [-0.2, 0) is 9.53 Å². The number of carbonyl (C=O) groups is 1. The van der Waals surface area contributed by atoms with Crippen LogP contribution in [0.25, 0.3) is 17.0 Å². The molecule has 0 bridgehead atoms. The van der Waals surface area contributed by atoms with Gasteiger partial charge in [0.1, 0.15) is 5.75 Å². The molecule has 2 aromatic rings. The van der Waals surface area contributed by atoms with Gasteiger partial charge in [-0.25, -0.2) is 4.79 Å². The Morgan fingerprint density at radius 3 is 2.85 bits per heavy atom. The molecule has 20 heavy (non-hydrogen) atoms. The Morgan fingerprint density at radius 1 is 1.35 bits per heavy atom. The Morgan fingerprint density at radius 2 is 2.15 bits per heavy atom. The number of ether oxygens (including phenoxy) is 2. The molecule has 1 heterocycles. The number of carbonyl (C=O) groups excluding carboxylic acids is 1. The van der Waals surface area contributed by atoms with Crippen molar-refractivity contribution in [3.05, 3.63) is 41.6 Å². The molecule has 4 nitrogen and oxygen atoms in total. The molecule has 104 valence electrons. The first-order valence-corrected chi connectivity index (χ1v) is 6.44. The number of fused-ring (bicyclic) bond motifs is 1. The van der Waals surface area contributed by atoms with Crippen molar-refractivity contribution in [2.24, 2.45) is 0 Å². The standard InChI is InChI=1S/C16H17NO3/c1-4-20-16(18)8-6-12-5-7-14-13(10-12)15(19-3)9-11(2)17-14/h5-10H,4H2,1-3H3/b8-6+. The minimum Gasteiger partial charge on any atom is -0.496 e. The van der Waals surface area contributed by atoms with Crippen molar-refractivity contribution >= 4 is 22.9 Å². The number of aromatic nitrogens is 1. The summed E-state index contributed by atoms with van der Waals surface area (Å²) in [6.07, 6.45) is 3.13. The third kappa shape index (κ3) is 3.15. The lowest BCUT2D eigenvalue weighted by Gasteiger charge is -2.07. The lowest BCUT2D eigenvalue weighted by atomic mass is 10.1. The largest absolute Gasteiger partial charge is 0.496 e. The van der Waals surface area contributed by atoms with Crippen LogP contribution in [0.15, 0.2) is 30.3 Å². The first kappa shape index (κ1) is 14.1. The van der Waals surface area contributed by atoms with E-state index < -0.39 is 0 Å². The number of esters is 1.